The molecule has 0 bridgehead atoms. The quantitative estimate of drug-likeness (QED) is 0.851. The van der Waals surface area contributed by atoms with Crippen molar-refractivity contribution in [1.29, 1.82) is 0 Å². The third-order valence-corrected chi connectivity index (χ3v) is 2.51. The first kappa shape index (κ1) is 13.5. The zero-order valence-corrected chi connectivity index (χ0v) is 10.5. The van der Waals surface area contributed by atoms with Crippen LogP contribution in [0.15, 0.2) is 24.4 Å². The van der Waals surface area contributed by atoms with Crippen LogP contribution in [0.5, 0.6) is 0 Å². The molecule has 0 amide bonds. The van der Waals surface area contributed by atoms with Crippen LogP contribution in [0.2, 0.25) is 0 Å². The number of aromatic nitrogens is 2. The third kappa shape index (κ3) is 3.43. The van der Waals surface area contributed by atoms with E-state index in [1.165, 1.54) is 0 Å². The predicted molar refractivity (Wildman–Crippen MR) is 69.7 cm³/mol. The van der Waals surface area contributed by atoms with Gasteiger partial charge in [-0.2, -0.15) is 0 Å². The molecule has 1 aromatic heterocycles. The Balaban J connectivity index is 0.00000144. The first-order valence-electron chi connectivity index (χ1n) is 4.44. The van der Waals surface area contributed by atoms with Gasteiger partial charge < -0.3 is 5.73 Å². The monoisotopic (exact) mass is 274 g/mol. The zero-order chi connectivity index (χ0) is 11.8. The number of nitrogens with two attached hydrogens (primary N) is 1. The molecule has 1 aromatic carbocycles. The number of fused-ring (bicyclic) bond motifs is 1. The lowest BCUT2D eigenvalue weighted by molar-refractivity contribution is 0.607. The van der Waals surface area contributed by atoms with Gasteiger partial charge in [-0.25, -0.2) is 18.4 Å². The number of hydrogen-bond acceptors (Lipinski definition) is 5. The van der Waals surface area contributed by atoms with Gasteiger partial charge in [0, 0.05) is 17.3 Å². The van der Waals surface area contributed by atoms with Crippen molar-refractivity contribution in [2.24, 2.45) is 0 Å². The molecule has 92 valence electrons. The molecule has 0 spiro atoms. The number of rotatable bonds is 2. The minimum atomic E-state index is -3.27. The van der Waals surface area contributed by atoms with Crippen molar-refractivity contribution < 1.29 is 8.42 Å². The molecular formula is C9H11ClN4O2S. The van der Waals surface area contributed by atoms with Gasteiger partial charge in [0.1, 0.15) is 0 Å². The molecule has 0 saturated carbocycles. The maximum atomic E-state index is 11.0. The molecule has 6 nitrogen and oxygen atoms in total. The maximum Gasteiger partial charge on any atom is 0.229 e. The number of benzene rings is 1. The van der Waals surface area contributed by atoms with E-state index in [9.17, 15) is 8.42 Å². The molecule has 0 atom stereocenters. The van der Waals surface area contributed by atoms with Crippen molar-refractivity contribution in [3.05, 3.63) is 24.4 Å². The Hall–Kier alpha value is -1.60. The molecule has 1 heterocycles. The number of anilines is 2. The molecular weight excluding hydrogens is 264 g/mol. The molecule has 2 aromatic rings. The molecule has 3 N–H and O–H groups in total. The van der Waals surface area contributed by atoms with E-state index in [0.29, 0.717) is 11.2 Å². The summed E-state index contributed by atoms with van der Waals surface area (Å²) >= 11 is 0. The Labute approximate surface area is 105 Å². The summed E-state index contributed by atoms with van der Waals surface area (Å²) in [6, 6.07) is 4.95. The molecule has 0 aliphatic heterocycles. The molecule has 0 saturated heterocycles. The fourth-order valence-corrected chi connectivity index (χ4v) is 1.88. The molecule has 2 rings (SSSR count). The van der Waals surface area contributed by atoms with E-state index >= 15 is 0 Å². The molecule has 8 heteroatoms. The van der Waals surface area contributed by atoms with Crippen LogP contribution in [0, 0.1) is 0 Å². The van der Waals surface area contributed by atoms with Crippen molar-refractivity contribution in [2.75, 3.05) is 16.7 Å². The van der Waals surface area contributed by atoms with Crippen LogP contribution in [-0.2, 0) is 10.0 Å². The summed E-state index contributed by atoms with van der Waals surface area (Å²) in [4.78, 5) is 7.84. The Bertz CT molecular complexity index is 644. The second kappa shape index (κ2) is 4.72. The van der Waals surface area contributed by atoms with E-state index in [2.05, 4.69) is 14.7 Å². The largest absolute Gasteiger partial charge is 0.368 e. The van der Waals surface area contributed by atoms with Gasteiger partial charge in [-0.1, -0.05) is 0 Å². The van der Waals surface area contributed by atoms with Crippen LogP contribution in [-0.4, -0.2) is 24.6 Å². The Morgan fingerprint density at radius 2 is 2.06 bits per heavy atom. The average molecular weight is 275 g/mol. The molecule has 0 unspecified atom stereocenters. The minimum Gasteiger partial charge on any atom is -0.368 e. The van der Waals surface area contributed by atoms with Crippen molar-refractivity contribution in [1.82, 2.24) is 9.97 Å². The summed E-state index contributed by atoms with van der Waals surface area (Å²) in [5, 5.41) is 0.725. The number of hydrogen-bond donors (Lipinski definition) is 2. The Morgan fingerprint density at radius 1 is 1.35 bits per heavy atom. The third-order valence-electron chi connectivity index (χ3n) is 1.90. The summed E-state index contributed by atoms with van der Waals surface area (Å²) in [5.41, 5.74) is 6.58. The molecule has 0 fully saturated rings. The Kier molecular flexibility index (Phi) is 3.74. The summed E-state index contributed by atoms with van der Waals surface area (Å²) in [7, 11) is -3.27. The van der Waals surface area contributed by atoms with Gasteiger partial charge in [-0.05, 0) is 18.2 Å². The van der Waals surface area contributed by atoms with Gasteiger partial charge in [0.15, 0.2) is 0 Å². The topological polar surface area (TPSA) is 98.0 Å². The van der Waals surface area contributed by atoms with E-state index in [1.807, 2.05) is 0 Å². The highest BCUT2D eigenvalue weighted by atomic mass is 35.5. The molecule has 0 radical (unpaired) electrons. The van der Waals surface area contributed by atoms with E-state index in [-0.39, 0.29) is 18.4 Å². The van der Waals surface area contributed by atoms with Gasteiger partial charge in [0.2, 0.25) is 16.0 Å². The van der Waals surface area contributed by atoms with Crippen LogP contribution < -0.4 is 10.5 Å². The van der Waals surface area contributed by atoms with E-state index in [4.69, 9.17) is 5.73 Å². The second-order valence-corrected chi connectivity index (χ2v) is 5.12. The van der Waals surface area contributed by atoms with Crippen molar-refractivity contribution in [2.45, 2.75) is 0 Å². The SMILES string of the molecule is CS(=O)(=O)Nc1ccc2nc(N)ncc2c1.Cl. The highest BCUT2D eigenvalue weighted by molar-refractivity contribution is 7.92. The lowest BCUT2D eigenvalue weighted by atomic mass is 10.2. The van der Waals surface area contributed by atoms with Crippen LogP contribution in [0.25, 0.3) is 10.9 Å². The predicted octanol–water partition coefficient (Wildman–Crippen LogP) is 1.01. The van der Waals surface area contributed by atoms with Gasteiger partial charge in [-0.3, -0.25) is 4.72 Å². The second-order valence-electron chi connectivity index (χ2n) is 3.38. The van der Waals surface area contributed by atoms with Crippen LogP contribution in [0.1, 0.15) is 0 Å². The molecule has 17 heavy (non-hydrogen) atoms. The fourth-order valence-electron chi connectivity index (χ4n) is 1.33. The normalized spacial score (nSPS) is 10.9. The first-order chi connectivity index (χ1) is 7.44. The van der Waals surface area contributed by atoms with Crippen LogP contribution in [0.4, 0.5) is 11.6 Å². The fraction of sp³-hybridized carbons (Fsp3) is 0.111. The van der Waals surface area contributed by atoms with Crippen molar-refractivity contribution in [3.63, 3.8) is 0 Å². The minimum absolute atomic E-state index is 0. The highest BCUT2D eigenvalue weighted by Gasteiger charge is 2.03. The van der Waals surface area contributed by atoms with Crippen molar-refractivity contribution in [3.8, 4) is 0 Å². The first-order valence-corrected chi connectivity index (χ1v) is 6.33. The summed E-state index contributed by atoms with van der Waals surface area (Å²) in [6.45, 7) is 0. The van der Waals surface area contributed by atoms with Gasteiger partial charge in [0.25, 0.3) is 0 Å². The molecule has 0 aliphatic carbocycles. The molecule has 0 aliphatic rings. The van der Waals surface area contributed by atoms with Crippen LogP contribution in [0.3, 0.4) is 0 Å². The van der Waals surface area contributed by atoms with E-state index in [0.717, 1.165) is 11.6 Å². The number of nitrogen functional groups attached to an aromatic ring is 1. The summed E-state index contributed by atoms with van der Waals surface area (Å²) in [6.07, 6.45) is 2.64. The Morgan fingerprint density at radius 3 is 2.71 bits per heavy atom. The zero-order valence-electron chi connectivity index (χ0n) is 8.91. The average Bonchev–Trinajstić information content (AvgIpc) is 2.16. The lowest BCUT2D eigenvalue weighted by Crippen LogP contribution is -2.09. The summed E-state index contributed by atoms with van der Waals surface area (Å²) < 4.78 is 24.4. The number of nitrogens with zero attached hydrogens (tertiary/aromatic N) is 2. The standard InChI is InChI=1S/C9H10N4O2S.ClH/c1-16(14,15)13-7-2-3-8-6(4-7)5-11-9(10)12-8;/h2-5,13H,1H3,(H2,10,11,12);1H. The summed E-state index contributed by atoms with van der Waals surface area (Å²) in [5.74, 6) is 0.191. The smallest absolute Gasteiger partial charge is 0.229 e. The van der Waals surface area contributed by atoms with Gasteiger partial charge >= 0.3 is 0 Å². The van der Waals surface area contributed by atoms with E-state index < -0.39 is 10.0 Å². The number of sulfonamides is 1. The number of nitrogens with one attached hydrogen (secondary N) is 1. The van der Waals surface area contributed by atoms with Crippen molar-refractivity contribution >= 4 is 45.0 Å². The lowest BCUT2D eigenvalue weighted by Gasteiger charge is -2.04. The van der Waals surface area contributed by atoms with Gasteiger partial charge in [-0.15, -0.1) is 12.4 Å². The highest BCUT2D eigenvalue weighted by Crippen LogP contribution is 2.17. The van der Waals surface area contributed by atoms with E-state index in [1.54, 1.807) is 24.4 Å². The maximum absolute atomic E-state index is 11.0. The van der Waals surface area contributed by atoms with Gasteiger partial charge in [0.05, 0.1) is 11.8 Å². The van der Waals surface area contributed by atoms with Crippen LogP contribution >= 0.6 is 12.4 Å². The number of halogens is 1.